The highest BCUT2D eigenvalue weighted by Crippen LogP contribution is 2.36. The van der Waals surface area contributed by atoms with Crippen molar-refractivity contribution in [2.45, 2.75) is 37.6 Å². The van der Waals surface area contributed by atoms with Gasteiger partial charge in [0, 0.05) is 50.9 Å². The van der Waals surface area contributed by atoms with Crippen molar-refractivity contribution in [1.82, 2.24) is 24.8 Å². The molecule has 2 aromatic heterocycles. The van der Waals surface area contributed by atoms with Gasteiger partial charge in [-0.15, -0.1) is 0 Å². The number of hydrogen-bond donors (Lipinski definition) is 1. The smallest absolute Gasteiger partial charge is 0.222 e. The molecule has 1 saturated carbocycles. The Morgan fingerprint density at radius 1 is 1.22 bits per heavy atom. The van der Waals surface area contributed by atoms with Gasteiger partial charge in [-0.3, -0.25) is 9.69 Å². The largest absolute Gasteiger partial charge is 0.353 e. The maximum atomic E-state index is 12.7. The van der Waals surface area contributed by atoms with Crippen LogP contribution in [-0.2, 0) is 4.79 Å². The van der Waals surface area contributed by atoms with Crippen molar-refractivity contribution in [2.24, 2.45) is 5.92 Å². The number of carbonyl (C=O) groups is 1. The second-order valence-corrected chi connectivity index (χ2v) is 8.54. The zero-order valence-corrected chi connectivity index (χ0v) is 16.0. The SMILES string of the molecule is CN1CCN(c2ncnc3[nH]ccc23)C[C@@]12CCC(=O)N(CC1CC1)CC2. The lowest BCUT2D eigenvalue weighted by Gasteiger charge is -2.49. The fraction of sp³-hybridized carbons (Fsp3) is 0.650. The molecule has 1 N–H and O–H groups in total. The molecule has 2 aromatic rings. The number of aromatic amines is 1. The number of rotatable bonds is 3. The predicted octanol–water partition coefficient (Wildman–Crippen LogP) is 1.87. The normalized spacial score (nSPS) is 27.5. The van der Waals surface area contributed by atoms with Crippen molar-refractivity contribution in [3.05, 3.63) is 18.6 Å². The lowest BCUT2D eigenvalue weighted by atomic mass is 9.86. The van der Waals surface area contributed by atoms with Crippen LogP contribution in [0, 0.1) is 5.92 Å². The number of anilines is 1. The Morgan fingerprint density at radius 3 is 2.96 bits per heavy atom. The molecule has 3 aliphatic rings. The van der Waals surface area contributed by atoms with E-state index in [4.69, 9.17) is 0 Å². The van der Waals surface area contributed by atoms with Crippen molar-refractivity contribution < 1.29 is 4.79 Å². The maximum Gasteiger partial charge on any atom is 0.222 e. The molecule has 3 fully saturated rings. The Bertz CT molecular complexity index is 846. The first-order valence-electron chi connectivity index (χ1n) is 10.2. The lowest BCUT2D eigenvalue weighted by molar-refractivity contribution is -0.130. The molecule has 1 spiro atoms. The molecular formula is C20H28N6O. The third-order valence-corrected chi connectivity index (χ3v) is 6.81. The van der Waals surface area contributed by atoms with Crippen LogP contribution in [0.2, 0.25) is 0 Å². The first-order chi connectivity index (χ1) is 13.1. The van der Waals surface area contributed by atoms with Gasteiger partial charge in [-0.25, -0.2) is 9.97 Å². The first kappa shape index (κ1) is 17.0. The summed E-state index contributed by atoms with van der Waals surface area (Å²) in [4.78, 5) is 31.8. The number of fused-ring (bicyclic) bond motifs is 1. The van der Waals surface area contributed by atoms with E-state index in [0.29, 0.717) is 12.3 Å². The number of hydrogen-bond acceptors (Lipinski definition) is 5. The standard InChI is InChI=1S/C20H28N6O/c1-24-10-11-26(19-16-5-8-21-18(16)22-14-23-19)13-20(24)6-4-17(27)25(9-7-20)12-15-2-3-15/h5,8,14-15H,2-4,6-7,9-13H2,1H3,(H,21,22,23)/t20-/m0/s1. The minimum absolute atomic E-state index is 0.0415. The first-order valence-corrected chi connectivity index (χ1v) is 10.2. The van der Waals surface area contributed by atoms with Crippen LogP contribution < -0.4 is 4.90 Å². The maximum absolute atomic E-state index is 12.7. The second kappa shape index (κ2) is 6.48. The van der Waals surface area contributed by atoms with E-state index in [0.717, 1.165) is 68.3 Å². The molecule has 0 radical (unpaired) electrons. The molecule has 0 unspecified atom stereocenters. The Kier molecular flexibility index (Phi) is 4.07. The van der Waals surface area contributed by atoms with Crippen LogP contribution in [0.4, 0.5) is 5.82 Å². The van der Waals surface area contributed by atoms with E-state index in [9.17, 15) is 4.79 Å². The van der Waals surface area contributed by atoms with E-state index in [2.05, 4.69) is 42.8 Å². The van der Waals surface area contributed by atoms with Crippen LogP contribution in [0.1, 0.15) is 32.1 Å². The number of H-pyrrole nitrogens is 1. The molecule has 5 rings (SSSR count). The molecule has 7 heteroatoms. The van der Waals surface area contributed by atoms with Crippen LogP contribution in [0.5, 0.6) is 0 Å². The highest BCUT2D eigenvalue weighted by molar-refractivity contribution is 5.87. The lowest BCUT2D eigenvalue weighted by Crippen LogP contribution is -2.61. The molecule has 4 heterocycles. The van der Waals surface area contributed by atoms with E-state index in [-0.39, 0.29) is 5.54 Å². The summed E-state index contributed by atoms with van der Waals surface area (Å²) in [5.74, 6) is 2.12. The van der Waals surface area contributed by atoms with Crippen LogP contribution in [0.25, 0.3) is 11.0 Å². The summed E-state index contributed by atoms with van der Waals surface area (Å²) in [5, 5.41) is 1.08. The van der Waals surface area contributed by atoms with Crippen molar-refractivity contribution in [3.8, 4) is 0 Å². The van der Waals surface area contributed by atoms with Crippen LogP contribution >= 0.6 is 0 Å². The average Bonchev–Trinajstić information content (AvgIpc) is 3.40. The number of piperazine rings is 1. The highest BCUT2D eigenvalue weighted by Gasteiger charge is 2.43. The molecule has 0 aromatic carbocycles. The topological polar surface area (TPSA) is 68.4 Å². The number of nitrogens with one attached hydrogen (secondary N) is 1. The van der Waals surface area contributed by atoms with Crippen molar-refractivity contribution in [2.75, 3.05) is 44.7 Å². The van der Waals surface area contributed by atoms with Crippen LogP contribution in [-0.4, -0.2) is 76.0 Å². The molecule has 0 bridgehead atoms. The summed E-state index contributed by atoms with van der Waals surface area (Å²) in [6, 6.07) is 2.06. The zero-order chi connectivity index (χ0) is 18.4. The molecule has 1 amide bonds. The predicted molar refractivity (Wildman–Crippen MR) is 105 cm³/mol. The summed E-state index contributed by atoms with van der Waals surface area (Å²) >= 11 is 0. The number of amides is 1. The van der Waals surface area contributed by atoms with Crippen molar-refractivity contribution in [1.29, 1.82) is 0 Å². The quantitative estimate of drug-likeness (QED) is 0.896. The van der Waals surface area contributed by atoms with E-state index < -0.39 is 0 Å². The molecular weight excluding hydrogens is 340 g/mol. The number of nitrogens with zero attached hydrogens (tertiary/aromatic N) is 5. The van der Waals surface area contributed by atoms with Crippen molar-refractivity contribution in [3.63, 3.8) is 0 Å². The summed E-state index contributed by atoms with van der Waals surface area (Å²) in [6.07, 6.45) is 8.79. The van der Waals surface area contributed by atoms with Crippen LogP contribution in [0.15, 0.2) is 18.6 Å². The van der Waals surface area contributed by atoms with E-state index in [1.165, 1.54) is 12.8 Å². The average molecular weight is 368 g/mol. The molecule has 144 valence electrons. The van der Waals surface area contributed by atoms with E-state index in [1.807, 2.05) is 6.20 Å². The van der Waals surface area contributed by atoms with E-state index >= 15 is 0 Å². The molecule has 7 nitrogen and oxygen atoms in total. The van der Waals surface area contributed by atoms with Crippen LogP contribution in [0.3, 0.4) is 0 Å². The van der Waals surface area contributed by atoms with Gasteiger partial charge in [-0.05, 0) is 44.7 Å². The van der Waals surface area contributed by atoms with Gasteiger partial charge in [-0.1, -0.05) is 0 Å². The molecule has 27 heavy (non-hydrogen) atoms. The minimum atomic E-state index is 0.0415. The van der Waals surface area contributed by atoms with Gasteiger partial charge in [0.05, 0.1) is 5.39 Å². The Labute approximate surface area is 159 Å². The third kappa shape index (κ3) is 3.08. The van der Waals surface area contributed by atoms with Gasteiger partial charge in [0.1, 0.15) is 17.8 Å². The second-order valence-electron chi connectivity index (χ2n) is 8.54. The number of likely N-dealkylation sites (N-methyl/N-ethyl adjacent to an activating group) is 1. The van der Waals surface area contributed by atoms with E-state index in [1.54, 1.807) is 6.33 Å². The highest BCUT2D eigenvalue weighted by atomic mass is 16.2. The number of likely N-dealkylation sites (tertiary alicyclic amines) is 1. The fourth-order valence-corrected chi connectivity index (χ4v) is 4.79. The number of carbonyl (C=O) groups excluding carboxylic acids is 1. The van der Waals surface area contributed by atoms with Gasteiger partial charge < -0.3 is 14.8 Å². The molecule has 2 saturated heterocycles. The summed E-state index contributed by atoms with van der Waals surface area (Å²) in [6.45, 7) is 4.72. The third-order valence-electron chi connectivity index (χ3n) is 6.81. The van der Waals surface area contributed by atoms with Gasteiger partial charge in [-0.2, -0.15) is 0 Å². The number of aromatic nitrogens is 3. The Morgan fingerprint density at radius 2 is 2.11 bits per heavy atom. The minimum Gasteiger partial charge on any atom is -0.353 e. The summed E-state index contributed by atoms with van der Waals surface area (Å²) in [7, 11) is 2.23. The van der Waals surface area contributed by atoms with Crippen molar-refractivity contribution >= 4 is 22.8 Å². The van der Waals surface area contributed by atoms with Gasteiger partial charge in [0.25, 0.3) is 0 Å². The molecule has 1 atom stereocenters. The van der Waals surface area contributed by atoms with Gasteiger partial charge in [0.2, 0.25) is 5.91 Å². The zero-order valence-electron chi connectivity index (χ0n) is 16.0. The monoisotopic (exact) mass is 368 g/mol. The van der Waals surface area contributed by atoms with Gasteiger partial charge in [0.15, 0.2) is 0 Å². The molecule has 1 aliphatic carbocycles. The summed E-state index contributed by atoms with van der Waals surface area (Å²) in [5.41, 5.74) is 0.930. The molecule has 2 aliphatic heterocycles. The summed E-state index contributed by atoms with van der Waals surface area (Å²) < 4.78 is 0. The Balaban J connectivity index is 1.39. The Hall–Kier alpha value is -2.15. The van der Waals surface area contributed by atoms with Gasteiger partial charge >= 0.3 is 0 Å². The fourth-order valence-electron chi connectivity index (χ4n) is 4.79.